The van der Waals surface area contributed by atoms with Gasteiger partial charge in [0.25, 0.3) is 0 Å². The van der Waals surface area contributed by atoms with Crippen molar-refractivity contribution in [1.82, 2.24) is 15.1 Å². The van der Waals surface area contributed by atoms with E-state index in [1.54, 1.807) is 0 Å². The molecule has 2 rings (SSSR count). The highest BCUT2D eigenvalue weighted by atomic mass is 127. The van der Waals surface area contributed by atoms with E-state index in [4.69, 9.17) is 4.74 Å². The maximum atomic E-state index is 11.6. The predicted molar refractivity (Wildman–Crippen MR) is 103 cm³/mol. The first kappa shape index (κ1) is 20.5. The summed E-state index contributed by atoms with van der Waals surface area (Å²) < 4.78 is 4.84. The molecule has 0 aromatic rings. The van der Waals surface area contributed by atoms with Crippen LogP contribution in [0.15, 0.2) is 4.99 Å². The quantitative estimate of drug-likeness (QED) is 0.311. The largest absolute Gasteiger partial charge is 0.469 e. The van der Waals surface area contributed by atoms with Gasteiger partial charge in [0.2, 0.25) is 0 Å². The molecule has 7 heteroatoms. The second kappa shape index (κ2) is 10.3. The molecular formula is C16H31IN4O2. The molecule has 0 radical (unpaired) electrons. The molecule has 2 fully saturated rings. The standard InChI is InChI=1S/C16H30N4O2.HI/c1-4-19-8-5-13(12-19)11-18-16(17-2)20-9-6-14(7-10-20)15(21)22-3;/h13-14H,4-12H2,1-3H3,(H,17,18);1H. The highest BCUT2D eigenvalue weighted by Gasteiger charge is 2.27. The van der Waals surface area contributed by atoms with Crippen LogP contribution in [0.25, 0.3) is 0 Å². The summed E-state index contributed by atoms with van der Waals surface area (Å²) >= 11 is 0. The third-order valence-corrected chi connectivity index (χ3v) is 4.91. The van der Waals surface area contributed by atoms with Crippen molar-refractivity contribution in [3.63, 3.8) is 0 Å². The molecule has 2 aliphatic heterocycles. The van der Waals surface area contributed by atoms with Crippen LogP contribution in [0.2, 0.25) is 0 Å². The number of guanidine groups is 1. The molecule has 0 aromatic heterocycles. The highest BCUT2D eigenvalue weighted by Crippen LogP contribution is 2.19. The lowest BCUT2D eigenvalue weighted by atomic mass is 9.97. The van der Waals surface area contributed by atoms with E-state index in [2.05, 4.69) is 27.0 Å². The molecule has 2 heterocycles. The van der Waals surface area contributed by atoms with Gasteiger partial charge in [0.1, 0.15) is 0 Å². The van der Waals surface area contributed by atoms with E-state index in [1.165, 1.54) is 26.6 Å². The maximum Gasteiger partial charge on any atom is 0.308 e. The first-order valence-corrected chi connectivity index (χ1v) is 8.43. The molecule has 0 aliphatic carbocycles. The Morgan fingerprint density at radius 3 is 2.48 bits per heavy atom. The number of likely N-dealkylation sites (tertiary alicyclic amines) is 2. The number of hydrogen-bond acceptors (Lipinski definition) is 4. The summed E-state index contributed by atoms with van der Waals surface area (Å²) in [4.78, 5) is 20.7. The molecule has 134 valence electrons. The van der Waals surface area contributed by atoms with Gasteiger partial charge in [0, 0.05) is 33.2 Å². The molecule has 1 N–H and O–H groups in total. The minimum absolute atomic E-state index is 0. The fourth-order valence-corrected chi connectivity index (χ4v) is 3.43. The second-order valence-corrected chi connectivity index (χ2v) is 6.26. The van der Waals surface area contributed by atoms with E-state index in [0.717, 1.165) is 45.0 Å². The number of rotatable bonds is 4. The van der Waals surface area contributed by atoms with Crippen molar-refractivity contribution in [2.75, 3.05) is 53.4 Å². The van der Waals surface area contributed by atoms with Crippen molar-refractivity contribution in [3.05, 3.63) is 0 Å². The van der Waals surface area contributed by atoms with Crippen LogP contribution >= 0.6 is 24.0 Å². The summed E-state index contributed by atoms with van der Waals surface area (Å²) in [5, 5.41) is 3.52. The SMILES string of the molecule is CCN1CCC(CNC(=NC)N2CCC(C(=O)OC)CC2)C1.I. The highest BCUT2D eigenvalue weighted by molar-refractivity contribution is 14.0. The Hall–Kier alpha value is -0.570. The lowest BCUT2D eigenvalue weighted by molar-refractivity contribution is -0.146. The Morgan fingerprint density at radius 1 is 1.26 bits per heavy atom. The number of esters is 1. The topological polar surface area (TPSA) is 57.2 Å². The lowest BCUT2D eigenvalue weighted by Crippen LogP contribution is -2.47. The minimum Gasteiger partial charge on any atom is -0.469 e. The summed E-state index contributed by atoms with van der Waals surface area (Å²) in [7, 11) is 3.30. The number of carbonyl (C=O) groups excluding carboxylic acids is 1. The minimum atomic E-state index is -0.0757. The Labute approximate surface area is 157 Å². The zero-order valence-electron chi connectivity index (χ0n) is 14.6. The van der Waals surface area contributed by atoms with Gasteiger partial charge in [-0.25, -0.2) is 0 Å². The van der Waals surface area contributed by atoms with Gasteiger partial charge in [-0.05, 0) is 38.3 Å². The molecule has 0 spiro atoms. The van der Waals surface area contributed by atoms with Gasteiger partial charge >= 0.3 is 5.97 Å². The summed E-state index contributed by atoms with van der Waals surface area (Å²) in [5.41, 5.74) is 0. The average Bonchev–Trinajstić information content (AvgIpc) is 3.03. The number of ether oxygens (including phenoxy) is 1. The average molecular weight is 438 g/mol. The van der Waals surface area contributed by atoms with Crippen LogP contribution in [-0.4, -0.2) is 75.2 Å². The molecule has 23 heavy (non-hydrogen) atoms. The van der Waals surface area contributed by atoms with Crippen LogP contribution in [0.5, 0.6) is 0 Å². The molecule has 0 aromatic carbocycles. The molecule has 1 atom stereocenters. The van der Waals surface area contributed by atoms with E-state index in [-0.39, 0.29) is 35.9 Å². The molecule has 6 nitrogen and oxygen atoms in total. The maximum absolute atomic E-state index is 11.6. The van der Waals surface area contributed by atoms with Crippen LogP contribution in [0.4, 0.5) is 0 Å². The van der Waals surface area contributed by atoms with Crippen molar-refractivity contribution in [2.24, 2.45) is 16.8 Å². The number of carbonyl (C=O) groups is 1. The molecule has 0 bridgehead atoms. The van der Waals surface area contributed by atoms with Crippen molar-refractivity contribution >= 4 is 35.9 Å². The summed E-state index contributed by atoms with van der Waals surface area (Å²) in [5.74, 6) is 1.66. The zero-order valence-corrected chi connectivity index (χ0v) is 16.9. The van der Waals surface area contributed by atoms with Gasteiger partial charge in [-0.2, -0.15) is 0 Å². The van der Waals surface area contributed by atoms with E-state index in [1.807, 2.05) is 7.05 Å². The Kier molecular flexibility index (Phi) is 9.19. The summed E-state index contributed by atoms with van der Waals surface area (Å²) in [6.07, 6.45) is 2.96. The number of nitrogens with one attached hydrogen (secondary N) is 1. The fraction of sp³-hybridized carbons (Fsp3) is 0.875. The number of aliphatic imine (C=N–C) groups is 1. The Bertz CT molecular complexity index is 398. The van der Waals surface area contributed by atoms with E-state index < -0.39 is 0 Å². The number of piperidine rings is 1. The van der Waals surface area contributed by atoms with Crippen molar-refractivity contribution < 1.29 is 9.53 Å². The van der Waals surface area contributed by atoms with Crippen LogP contribution in [0.3, 0.4) is 0 Å². The third kappa shape index (κ3) is 5.77. The van der Waals surface area contributed by atoms with Crippen LogP contribution in [0.1, 0.15) is 26.2 Å². The number of nitrogens with zero attached hydrogens (tertiary/aromatic N) is 3. The molecule has 1 unspecified atom stereocenters. The number of hydrogen-bond donors (Lipinski definition) is 1. The molecule has 2 saturated heterocycles. The van der Waals surface area contributed by atoms with E-state index in [0.29, 0.717) is 5.92 Å². The molecule has 0 saturated carbocycles. The Morgan fingerprint density at radius 2 is 1.96 bits per heavy atom. The fourth-order valence-electron chi connectivity index (χ4n) is 3.43. The molecule has 0 amide bonds. The molecular weight excluding hydrogens is 407 g/mol. The van der Waals surface area contributed by atoms with Crippen LogP contribution in [0, 0.1) is 11.8 Å². The Balaban J connectivity index is 0.00000264. The van der Waals surface area contributed by atoms with Gasteiger partial charge in [-0.15, -0.1) is 24.0 Å². The zero-order chi connectivity index (χ0) is 15.9. The van der Waals surface area contributed by atoms with Gasteiger partial charge in [0.05, 0.1) is 13.0 Å². The summed E-state index contributed by atoms with van der Waals surface area (Å²) in [6, 6.07) is 0. The molecule has 2 aliphatic rings. The number of halogens is 1. The van der Waals surface area contributed by atoms with Crippen molar-refractivity contribution in [3.8, 4) is 0 Å². The monoisotopic (exact) mass is 438 g/mol. The first-order valence-electron chi connectivity index (χ1n) is 8.43. The van der Waals surface area contributed by atoms with Gasteiger partial charge < -0.3 is 19.9 Å². The van der Waals surface area contributed by atoms with Crippen molar-refractivity contribution in [1.29, 1.82) is 0 Å². The van der Waals surface area contributed by atoms with E-state index >= 15 is 0 Å². The smallest absolute Gasteiger partial charge is 0.308 e. The second-order valence-electron chi connectivity index (χ2n) is 6.26. The van der Waals surface area contributed by atoms with Crippen LogP contribution < -0.4 is 5.32 Å². The van der Waals surface area contributed by atoms with E-state index in [9.17, 15) is 4.79 Å². The number of methoxy groups -OCH3 is 1. The van der Waals surface area contributed by atoms with Gasteiger partial charge in [0.15, 0.2) is 5.96 Å². The summed E-state index contributed by atoms with van der Waals surface area (Å²) in [6.45, 7) is 8.49. The van der Waals surface area contributed by atoms with Crippen LogP contribution in [-0.2, 0) is 9.53 Å². The van der Waals surface area contributed by atoms with Crippen molar-refractivity contribution in [2.45, 2.75) is 26.2 Å². The third-order valence-electron chi connectivity index (χ3n) is 4.91. The lowest BCUT2D eigenvalue weighted by Gasteiger charge is -2.33. The van der Waals surface area contributed by atoms with Gasteiger partial charge in [-0.3, -0.25) is 9.79 Å². The van der Waals surface area contributed by atoms with Gasteiger partial charge in [-0.1, -0.05) is 6.92 Å². The first-order chi connectivity index (χ1) is 10.7. The normalized spacial score (nSPS) is 23.5. The predicted octanol–water partition coefficient (Wildman–Crippen LogP) is 1.41.